The van der Waals surface area contributed by atoms with Gasteiger partial charge in [-0.1, -0.05) is 30.1 Å². The second-order valence-electron chi connectivity index (χ2n) is 5.94. The molecule has 3 rings (SSSR count). The first-order valence-electron chi connectivity index (χ1n) is 7.50. The number of aromatic nitrogens is 2. The Balaban J connectivity index is 1.80. The van der Waals surface area contributed by atoms with E-state index in [0.717, 1.165) is 37.2 Å². The lowest BCUT2D eigenvalue weighted by Crippen LogP contribution is -2.41. The maximum Gasteiger partial charge on any atom is 0.257 e. The molecule has 1 aromatic carbocycles. The fourth-order valence-corrected chi connectivity index (χ4v) is 3.09. The van der Waals surface area contributed by atoms with Crippen LogP contribution in [0.15, 0.2) is 28.8 Å². The van der Waals surface area contributed by atoms with E-state index < -0.39 is 5.54 Å². The maximum absolute atomic E-state index is 6.51. The molecule has 1 saturated carbocycles. The molecule has 0 unspecified atom stereocenters. The molecule has 1 aromatic heterocycles. The van der Waals surface area contributed by atoms with Crippen LogP contribution in [0.2, 0.25) is 5.02 Å². The lowest BCUT2D eigenvalue weighted by molar-refractivity contribution is 0.216. The van der Waals surface area contributed by atoms with E-state index in [4.69, 9.17) is 21.9 Å². The summed E-state index contributed by atoms with van der Waals surface area (Å²) in [5.41, 5.74) is 6.93. The Morgan fingerprint density at radius 2 is 1.95 bits per heavy atom. The molecule has 21 heavy (non-hydrogen) atoms. The largest absolute Gasteiger partial charge is 0.334 e. The molecule has 1 aliphatic rings. The van der Waals surface area contributed by atoms with Gasteiger partial charge in [0.05, 0.1) is 5.54 Å². The van der Waals surface area contributed by atoms with Crippen LogP contribution in [-0.2, 0) is 5.54 Å². The summed E-state index contributed by atoms with van der Waals surface area (Å²) in [6, 6.07) is 7.37. The molecular formula is C16H20ClN3O. The smallest absolute Gasteiger partial charge is 0.257 e. The molecule has 2 aromatic rings. The second-order valence-corrected chi connectivity index (χ2v) is 6.37. The Morgan fingerprint density at radius 3 is 2.57 bits per heavy atom. The lowest BCUT2D eigenvalue weighted by atomic mass is 9.76. The van der Waals surface area contributed by atoms with Gasteiger partial charge in [0.1, 0.15) is 0 Å². The minimum Gasteiger partial charge on any atom is -0.334 e. The SMILES string of the molecule is CCC1CCC(N)(c2noc(-c3ccc(Cl)cc3)n2)CC1. The minimum absolute atomic E-state index is 0.445. The van der Waals surface area contributed by atoms with Gasteiger partial charge < -0.3 is 10.3 Å². The minimum atomic E-state index is -0.445. The summed E-state index contributed by atoms with van der Waals surface area (Å²) in [6.45, 7) is 2.24. The molecule has 0 radical (unpaired) electrons. The summed E-state index contributed by atoms with van der Waals surface area (Å²) >= 11 is 5.89. The van der Waals surface area contributed by atoms with Crippen molar-refractivity contribution in [2.24, 2.45) is 11.7 Å². The van der Waals surface area contributed by atoms with Gasteiger partial charge in [0.25, 0.3) is 5.89 Å². The van der Waals surface area contributed by atoms with Gasteiger partial charge >= 0.3 is 0 Å². The van der Waals surface area contributed by atoms with Gasteiger partial charge in [0.15, 0.2) is 5.82 Å². The van der Waals surface area contributed by atoms with Crippen molar-refractivity contribution in [3.8, 4) is 11.5 Å². The third-order valence-electron chi connectivity index (χ3n) is 4.54. The zero-order chi connectivity index (χ0) is 14.9. The van der Waals surface area contributed by atoms with Crippen LogP contribution in [0.1, 0.15) is 44.9 Å². The highest BCUT2D eigenvalue weighted by Crippen LogP contribution is 2.38. The zero-order valence-electron chi connectivity index (χ0n) is 12.2. The van der Waals surface area contributed by atoms with Gasteiger partial charge in [-0.05, 0) is 55.9 Å². The number of halogens is 1. The van der Waals surface area contributed by atoms with Gasteiger partial charge in [-0.2, -0.15) is 4.98 Å². The number of rotatable bonds is 3. The van der Waals surface area contributed by atoms with E-state index in [1.165, 1.54) is 6.42 Å². The molecule has 0 atom stereocenters. The lowest BCUT2D eigenvalue weighted by Gasteiger charge is -2.34. The van der Waals surface area contributed by atoms with Crippen molar-refractivity contribution >= 4 is 11.6 Å². The molecule has 0 aliphatic heterocycles. The van der Waals surface area contributed by atoms with Crippen LogP contribution >= 0.6 is 11.6 Å². The van der Waals surface area contributed by atoms with Crippen molar-refractivity contribution in [2.75, 3.05) is 0 Å². The van der Waals surface area contributed by atoms with Crippen LogP contribution in [0.3, 0.4) is 0 Å². The van der Waals surface area contributed by atoms with E-state index in [-0.39, 0.29) is 0 Å². The molecule has 1 fully saturated rings. The van der Waals surface area contributed by atoms with Gasteiger partial charge in [-0.15, -0.1) is 0 Å². The normalized spacial score (nSPS) is 26.0. The van der Waals surface area contributed by atoms with E-state index in [1.807, 2.05) is 24.3 Å². The topological polar surface area (TPSA) is 64.9 Å². The first-order chi connectivity index (χ1) is 10.1. The number of nitrogens with zero attached hydrogens (tertiary/aromatic N) is 2. The van der Waals surface area contributed by atoms with Crippen LogP contribution in [-0.4, -0.2) is 10.1 Å². The fourth-order valence-electron chi connectivity index (χ4n) is 2.96. The predicted octanol–water partition coefficient (Wildman–Crippen LogP) is 4.14. The molecule has 0 bridgehead atoms. The highest BCUT2D eigenvalue weighted by Gasteiger charge is 2.36. The van der Waals surface area contributed by atoms with Gasteiger partial charge in [0, 0.05) is 10.6 Å². The van der Waals surface area contributed by atoms with Crippen LogP contribution in [0.5, 0.6) is 0 Å². The standard InChI is InChI=1S/C16H20ClN3O/c1-2-11-7-9-16(18,10-8-11)15-19-14(21-20-15)12-3-5-13(17)6-4-12/h3-6,11H,2,7-10,18H2,1H3. The molecule has 1 aliphatic carbocycles. The molecule has 2 N–H and O–H groups in total. The van der Waals surface area contributed by atoms with Gasteiger partial charge in [0.2, 0.25) is 0 Å². The monoisotopic (exact) mass is 305 g/mol. The number of benzene rings is 1. The van der Waals surface area contributed by atoms with Crippen molar-refractivity contribution in [1.82, 2.24) is 10.1 Å². The summed E-state index contributed by atoms with van der Waals surface area (Å²) < 4.78 is 5.38. The molecule has 5 heteroatoms. The highest BCUT2D eigenvalue weighted by atomic mass is 35.5. The third kappa shape index (κ3) is 2.97. The van der Waals surface area contributed by atoms with Crippen molar-refractivity contribution in [2.45, 2.75) is 44.6 Å². The maximum atomic E-state index is 6.51. The first-order valence-corrected chi connectivity index (χ1v) is 7.87. The molecule has 4 nitrogen and oxygen atoms in total. The Morgan fingerprint density at radius 1 is 1.29 bits per heavy atom. The Bertz CT molecular complexity index is 600. The molecule has 1 heterocycles. The average Bonchev–Trinajstić information content (AvgIpc) is 2.99. The van der Waals surface area contributed by atoms with Gasteiger partial charge in [-0.3, -0.25) is 0 Å². The summed E-state index contributed by atoms with van der Waals surface area (Å²) in [6.07, 6.45) is 5.34. The summed E-state index contributed by atoms with van der Waals surface area (Å²) in [5.74, 6) is 1.91. The van der Waals surface area contributed by atoms with E-state index >= 15 is 0 Å². The zero-order valence-corrected chi connectivity index (χ0v) is 12.9. The van der Waals surface area contributed by atoms with E-state index in [1.54, 1.807) is 0 Å². The number of hydrogen-bond donors (Lipinski definition) is 1. The second kappa shape index (κ2) is 5.78. The van der Waals surface area contributed by atoms with E-state index in [2.05, 4.69) is 17.1 Å². The highest BCUT2D eigenvalue weighted by molar-refractivity contribution is 6.30. The van der Waals surface area contributed by atoms with Crippen LogP contribution in [0, 0.1) is 5.92 Å². The fraction of sp³-hybridized carbons (Fsp3) is 0.500. The molecule has 0 amide bonds. The summed E-state index contributed by atoms with van der Waals surface area (Å²) in [5, 5.41) is 4.80. The van der Waals surface area contributed by atoms with E-state index in [9.17, 15) is 0 Å². The predicted molar refractivity (Wildman–Crippen MR) is 82.9 cm³/mol. The Hall–Kier alpha value is -1.39. The first kappa shape index (κ1) is 14.5. The van der Waals surface area contributed by atoms with Crippen LogP contribution < -0.4 is 5.73 Å². The van der Waals surface area contributed by atoms with Crippen LogP contribution in [0.25, 0.3) is 11.5 Å². The molecule has 112 valence electrons. The Labute approximate surface area is 129 Å². The van der Waals surface area contributed by atoms with Crippen LogP contribution in [0.4, 0.5) is 0 Å². The average molecular weight is 306 g/mol. The quantitative estimate of drug-likeness (QED) is 0.925. The molecule has 0 saturated heterocycles. The van der Waals surface area contributed by atoms with Crippen molar-refractivity contribution in [3.63, 3.8) is 0 Å². The molecule has 0 spiro atoms. The third-order valence-corrected chi connectivity index (χ3v) is 4.79. The Kier molecular flexibility index (Phi) is 4.00. The van der Waals surface area contributed by atoms with Gasteiger partial charge in [-0.25, -0.2) is 0 Å². The van der Waals surface area contributed by atoms with Crippen molar-refractivity contribution < 1.29 is 4.52 Å². The summed E-state index contributed by atoms with van der Waals surface area (Å²) in [7, 11) is 0. The van der Waals surface area contributed by atoms with E-state index in [0.29, 0.717) is 16.7 Å². The van der Waals surface area contributed by atoms with Crippen molar-refractivity contribution in [1.29, 1.82) is 0 Å². The van der Waals surface area contributed by atoms with Crippen molar-refractivity contribution in [3.05, 3.63) is 35.1 Å². The summed E-state index contributed by atoms with van der Waals surface area (Å²) in [4.78, 5) is 4.51. The molecular weight excluding hydrogens is 286 g/mol. The number of hydrogen-bond acceptors (Lipinski definition) is 4. The number of nitrogens with two attached hydrogens (primary N) is 1.